The van der Waals surface area contributed by atoms with Crippen LogP contribution in [0.25, 0.3) is 0 Å². The fourth-order valence-corrected chi connectivity index (χ4v) is 4.93. The molecule has 2 aromatic carbocycles. The van der Waals surface area contributed by atoms with E-state index in [9.17, 15) is 13.6 Å². The molecule has 148 valence electrons. The Bertz CT molecular complexity index is 894. The number of amides is 1. The van der Waals surface area contributed by atoms with Gasteiger partial charge >= 0.3 is 0 Å². The van der Waals surface area contributed by atoms with Crippen molar-refractivity contribution >= 4 is 11.6 Å². The van der Waals surface area contributed by atoms with Gasteiger partial charge in [0.1, 0.15) is 11.6 Å². The first-order chi connectivity index (χ1) is 13.3. The van der Waals surface area contributed by atoms with Crippen molar-refractivity contribution in [2.45, 2.75) is 57.7 Å². The molecule has 2 aliphatic rings. The van der Waals surface area contributed by atoms with E-state index in [1.54, 1.807) is 19.1 Å². The quantitative estimate of drug-likeness (QED) is 0.733. The highest BCUT2D eigenvalue weighted by atomic mass is 19.1. The zero-order valence-electron chi connectivity index (χ0n) is 16.6. The molecule has 0 saturated carbocycles. The lowest BCUT2D eigenvalue weighted by Gasteiger charge is -2.42. The van der Waals surface area contributed by atoms with E-state index in [2.05, 4.69) is 18.7 Å². The summed E-state index contributed by atoms with van der Waals surface area (Å²) in [6.07, 6.45) is 2.71. The maximum Gasteiger partial charge on any atom is 0.254 e. The predicted molar refractivity (Wildman–Crippen MR) is 107 cm³/mol. The molecule has 3 nitrogen and oxygen atoms in total. The van der Waals surface area contributed by atoms with Crippen molar-refractivity contribution in [2.75, 3.05) is 11.4 Å². The molecule has 5 heteroatoms. The highest BCUT2D eigenvalue weighted by molar-refractivity contribution is 5.94. The van der Waals surface area contributed by atoms with Gasteiger partial charge in [-0.25, -0.2) is 8.78 Å². The number of hydrogen-bond acceptors (Lipinski definition) is 2. The minimum absolute atomic E-state index is 0.0608. The van der Waals surface area contributed by atoms with Crippen LogP contribution in [-0.2, 0) is 0 Å². The van der Waals surface area contributed by atoms with Crippen molar-refractivity contribution in [3.8, 4) is 0 Å². The van der Waals surface area contributed by atoms with Crippen LogP contribution in [0.3, 0.4) is 0 Å². The van der Waals surface area contributed by atoms with E-state index in [0.29, 0.717) is 17.7 Å². The molecule has 0 N–H and O–H groups in total. The van der Waals surface area contributed by atoms with Gasteiger partial charge in [-0.2, -0.15) is 0 Å². The van der Waals surface area contributed by atoms with Gasteiger partial charge < -0.3 is 9.80 Å². The molecule has 2 aromatic rings. The van der Waals surface area contributed by atoms with Crippen molar-refractivity contribution in [3.05, 3.63) is 65.2 Å². The summed E-state index contributed by atoms with van der Waals surface area (Å²) in [5.74, 6) is -0.705. The predicted octanol–water partition coefficient (Wildman–Crippen LogP) is 4.94. The topological polar surface area (TPSA) is 23.6 Å². The monoisotopic (exact) mass is 384 g/mol. The van der Waals surface area contributed by atoms with Crippen molar-refractivity contribution in [2.24, 2.45) is 0 Å². The Hall–Kier alpha value is -2.43. The SMILES string of the molecule is Cc1ccc(C(=O)N2CCC[C@H]3[C@@H]2CC(C)(C)N3c2ccc(F)cc2)cc1F. The molecule has 28 heavy (non-hydrogen) atoms. The van der Waals surface area contributed by atoms with Crippen LogP contribution >= 0.6 is 0 Å². The molecule has 0 radical (unpaired) electrons. The minimum Gasteiger partial charge on any atom is -0.361 e. The molecule has 2 aliphatic heterocycles. The van der Waals surface area contributed by atoms with Crippen LogP contribution in [0.1, 0.15) is 49.0 Å². The van der Waals surface area contributed by atoms with E-state index in [4.69, 9.17) is 0 Å². The molecular formula is C23H26F2N2O. The van der Waals surface area contributed by atoms with Gasteiger partial charge in [0.25, 0.3) is 5.91 Å². The Kier molecular flexibility index (Phi) is 4.64. The zero-order valence-corrected chi connectivity index (χ0v) is 16.6. The first-order valence-electron chi connectivity index (χ1n) is 9.90. The Morgan fingerprint density at radius 3 is 2.46 bits per heavy atom. The maximum absolute atomic E-state index is 14.0. The molecule has 0 bridgehead atoms. The van der Waals surface area contributed by atoms with Crippen LogP contribution in [0.4, 0.5) is 14.5 Å². The summed E-state index contributed by atoms with van der Waals surface area (Å²) in [6, 6.07) is 11.6. The summed E-state index contributed by atoms with van der Waals surface area (Å²) in [5, 5.41) is 0. The summed E-state index contributed by atoms with van der Waals surface area (Å²) in [5.41, 5.74) is 1.77. The second-order valence-corrected chi connectivity index (χ2v) is 8.60. The van der Waals surface area contributed by atoms with Gasteiger partial charge in [-0.3, -0.25) is 4.79 Å². The fraction of sp³-hybridized carbons (Fsp3) is 0.435. The Labute approximate surface area is 165 Å². The largest absolute Gasteiger partial charge is 0.361 e. The highest BCUT2D eigenvalue weighted by Gasteiger charge is 2.50. The van der Waals surface area contributed by atoms with Crippen LogP contribution in [0, 0.1) is 18.6 Å². The first kappa shape index (κ1) is 18.9. The third-order valence-corrected chi connectivity index (χ3v) is 6.22. The second kappa shape index (κ2) is 6.87. The van der Waals surface area contributed by atoms with Crippen LogP contribution in [0.5, 0.6) is 0 Å². The first-order valence-corrected chi connectivity index (χ1v) is 9.90. The van der Waals surface area contributed by atoms with Gasteiger partial charge in [-0.1, -0.05) is 6.07 Å². The van der Waals surface area contributed by atoms with Gasteiger partial charge in [0.15, 0.2) is 0 Å². The van der Waals surface area contributed by atoms with Gasteiger partial charge in [-0.05, 0) is 82.0 Å². The Morgan fingerprint density at radius 1 is 1.07 bits per heavy atom. The van der Waals surface area contributed by atoms with Gasteiger partial charge in [0.05, 0.1) is 12.1 Å². The van der Waals surface area contributed by atoms with Gasteiger partial charge in [-0.15, -0.1) is 0 Å². The molecule has 2 saturated heterocycles. The number of hydrogen-bond donors (Lipinski definition) is 0. The fourth-order valence-electron chi connectivity index (χ4n) is 4.93. The molecule has 2 heterocycles. The van der Waals surface area contributed by atoms with E-state index in [1.165, 1.54) is 18.2 Å². The Balaban J connectivity index is 1.65. The van der Waals surface area contributed by atoms with Crippen LogP contribution in [-0.4, -0.2) is 35.0 Å². The normalized spacial score (nSPS) is 23.6. The number of halogens is 2. The van der Waals surface area contributed by atoms with E-state index >= 15 is 0 Å². The number of piperidine rings is 1. The molecule has 0 aromatic heterocycles. The van der Waals surface area contributed by atoms with Gasteiger partial charge in [0, 0.05) is 23.3 Å². The third-order valence-electron chi connectivity index (χ3n) is 6.22. The number of carbonyl (C=O) groups excluding carboxylic acids is 1. The number of anilines is 1. The van der Waals surface area contributed by atoms with E-state index in [-0.39, 0.29) is 35.2 Å². The van der Waals surface area contributed by atoms with E-state index < -0.39 is 0 Å². The average Bonchev–Trinajstić information content (AvgIpc) is 2.94. The molecule has 2 fully saturated rings. The summed E-state index contributed by atoms with van der Waals surface area (Å²) in [7, 11) is 0. The number of rotatable bonds is 2. The molecular weight excluding hydrogens is 358 g/mol. The highest BCUT2D eigenvalue weighted by Crippen LogP contribution is 2.44. The zero-order chi connectivity index (χ0) is 20.1. The van der Waals surface area contributed by atoms with Crippen LogP contribution in [0.15, 0.2) is 42.5 Å². The van der Waals surface area contributed by atoms with Crippen molar-refractivity contribution in [3.63, 3.8) is 0 Å². The summed E-state index contributed by atoms with van der Waals surface area (Å²) < 4.78 is 27.4. The number of fused-ring (bicyclic) bond motifs is 1. The van der Waals surface area contributed by atoms with Crippen molar-refractivity contribution in [1.82, 2.24) is 4.90 Å². The maximum atomic E-state index is 14.0. The number of carbonyl (C=O) groups is 1. The average molecular weight is 384 g/mol. The minimum atomic E-state index is -0.348. The number of likely N-dealkylation sites (tertiary alicyclic amines) is 1. The van der Waals surface area contributed by atoms with E-state index in [0.717, 1.165) is 24.9 Å². The molecule has 2 atom stereocenters. The lowest BCUT2D eigenvalue weighted by atomic mass is 9.93. The summed E-state index contributed by atoms with van der Waals surface area (Å²) >= 11 is 0. The van der Waals surface area contributed by atoms with Crippen LogP contribution < -0.4 is 4.90 Å². The molecule has 4 rings (SSSR count). The summed E-state index contributed by atoms with van der Waals surface area (Å²) in [6.45, 7) is 6.72. The third kappa shape index (κ3) is 3.17. The Morgan fingerprint density at radius 2 is 1.79 bits per heavy atom. The standard InChI is InChI=1S/C23H26F2N2O/c1-15-6-7-16(13-19(15)25)22(28)26-12-4-5-20-21(26)14-23(2,3)27(20)18-10-8-17(24)9-11-18/h6-11,13,20-21H,4-5,12,14H2,1-3H3/t20-,21-/m0/s1. The molecule has 0 unspecified atom stereocenters. The second-order valence-electron chi connectivity index (χ2n) is 8.60. The smallest absolute Gasteiger partial charge is 0.254 e. The van der Waals surface area contributed by atoms with Crippen LogP contribution in [0.2, 0.25) is 0 Å². The van der Waals surface area contributed by atoms with Crippen molar-refractivity contribution in [1.29, 1.82) is 0 Å². The molecule has 0 aliphatic carbocycles. The molecule has 1 amide bonds. The van der Waals surface area contributed by atoms with Gasteiger partial charge in [0.2, 0.25) is 0 Å². The lowest BCUT2D eigenvalue weighted by molar-refractivity contribution is 0.0604. The number of aryl methyl sites for hydroxylation is 1. The summed E-state index contributed by atoms with van der Waals surface area (Å²) in [4.78, 5) is 17.5. The number of nitrogens with zero attached hydrogens (tertiary/aromatic N) is 2. The lowest BCUT2D eigenvalue weighted by Crippen LogP contribution is -2.52. The molecule has 0 spiro atoms. The van der Waals surface area contributed by atoms with E-state index in [1.807, 2.05) is 17.0 Å². The number of benzene rings is 2. The van der Waals surface area contributed by atoms with Crippen molar-refractivity contribution < 1.29 is 13.6 Å².